The Morgan fingerprint density at radius 2 is 1.38 bits per heavy atom. The standard InChI is InChI=1S/C27H39NO.2CH3.Al/c1-17(2)21-12-11-13-22(18(3)4)24(21)28-16-19-14-20(26(5,6)7)15-23(25(19)29)27(8,9)10;;;/h11-18,29H,1-10H3;2*1H3;/q;;;+1/p-1. The molecule has 0 amide bonds. The number of rotatable bonds is 6. The average molecular weight is 450 g/mol. The van der Waals surface area contributed by atoms with Gasteiger partial charge < -0.3 is 3.79 Å². The van der Waals surface area contributed by atoms with E-state index in [2.05, 4.69) is 117 Å². The summed E-state index contributed by atoms with van der Waals surface area (Å²) in [6.45, 7) is 22.6. The Hall–Kier alpha value is -1.56. The minimum absolute atomic E-state index is 0.0125. The number of nitrogens with zero attached hydrogens (tertiary/aromatic N) is 1. The van der Waals surface area contributed by atoms with Gasteiger partial charge in [-0.2, -0.15) is 0 Å². The fraction of sp³-hybridized carbons (Fsp3) is 0.552. The lowest BCUT2D eigenvalue weighted by molar-refractivity contribution is 0.513. The van der Waals surface area contributed by atoms with Crippen LogP contribution in [0, 0.1) is 0 Å². The molecule has 0 aromatic heterocycles. The molecule has 0 aliphatic heterocycles. The summed E-state index contributed by atoms with van der Waals surface area (Å²) in [5.74, 6) is 6.33. The van der Waals surface area contributed by atoms with Gasteiger partial charge in [0.15, 0.2) is 0 Å². The van der Waals surface area contributed by atoms with E-state index in [0.29, 0.717) is 11.8 Å². The molecule has 0 fully saturated rings. The lowest BCUT2D eigenvalue weighted by Gasteiger charge is -2.30. The molecular weight excluding hydrogens is 405 g/mol. The predicted octanol–water partition coefficient (Wildman–Crippen LogP) is 8.91. The van der Waals surface area contributed by atoms with E-state index in [0.717, 1.165) is 17.0 Å². The molecule has 0 saturated heterocycles. The molecule has 0 bridgehead atoms. The van der Waals surface area contributed by atoms with E-state index in [1.165, 1.54) is 22.3 Å². The van der Waals surface area contributed by atoms with Crippen LogP contribution in [0.3, 0.4) is 0 Å². The second-order valence-corrected chi connectivity index (χ2v) is 14.3. The molecule has 0 spiro atoms. The number of hydrogen-bond acceptors (Lipinski definition) is 2. The highest BCUT2D eigenvalue weighted by Crippen LogP contribution is 2.39. The van der Waals surface area contributed by atoms with E-state index in [1.807, 2.05) is 0 Å². The first-order chi connectivity index (χ1) is 14.6. The van der Waals surface area contributed by atoms with Gasteiger partial charge in [0.25, 0.3) is 0 Å². The monoisotopic (exact) mass is 449 g/mol. The fourth-order valence-corrected chi connectivity index (χ4v) is 4.63. The zero-order valence-corrected chi connectivity index (χ0v) is 23.7. The van der Waals surface area contributed by atoms with Gasteiger partial charge >= 0.3 is 14.5 Å². The van der Waals surface area contributed by atoms with Gasteiger partial charge in [-0.25, -0.2) is 0 Å². The molecular formula is C29H44AlNO. The summed E-state index contributed by atoms with van der Waals surface area (Å²) in [6.07, 6.45) is 2.06. The maximum atomic E-state index is 6.56. The summed E-state index contributed by atoms with van der Waals surface area (Å²) in [5.41, 5.74) is 7.45. The molecule has 0 N–H and O–H groups in total. The molecule has 32 heavy (non-hydrogen) atoms. The maximum absolute atomic E-state index is 6.56. The highest BCUT2D eigenvalue weighted by Gasteiger charge is 2.26. The summed E-state index contributed by atoms with van der Waals surface area (Å²) in [7, 11) is 0. The largest absolute Gasteiger partial charge is 0.642 e. The second kappa shape index (κ2) is 10.1. The highest BCUT2D eigenvalue weighted by molar-refractivity contribution is 6.49. The number of aliphatic imine (C=N–C) groups is 1. The Balaban J connectivity index is 2.81. The third kappa shape index (κ3) is 6.49. The van der Waals surface area contributed by atoms with Crippen molar-refractivity contribution in [3.8, 4) is 5.75 Å². The van der Waals surface area contributed by atoms with Crippen LogP contribution in [0.15, 0.2) is 35.3 Å². The summed E-state index contributed by atoms with van der Waals surface area (Å²) in [5, 5.41) is 0. The van der Waals surface area contributed by atoms with Crippen molar-refractivity contribution < 1.29 is 3.79 Å². The van der Waals surface area contributed by atoms with E-state index >= 15 is 0 Å². The summed E-state index contributed by atoms with van der Waals surface area (Å²) >= 11 is -1.30. The summed E-state index contributed by atoms with van der Waals surface area (Å²) < 4.78 is 6.56. The van der Waals surface area contributed by atoms with E-state index < -0.39 is 14.5 Å². The Morgan fingerprint density at radius 3 is 1.78 bits per heavy atom. The number of para-hydroxylation sites is 1. The van der Waals surface area contributed by atoms with Gasteiger partial charge in [-0.05, 0) is 51.0 Å². The molecule has 2 aromatic carbocycles. The third-order valence-electron chi connectivity index (χ3n) is 5.82. The van der Waals surface area contributed by atoms with Gasteiger partial charge in [0.2, 0.25) is 0 Å². The first-order valence-corrected chi connectivity index (χ1v) is 14.9. The molecule has 0 radical (unpaired) electrons. The van der Waals surface area contributed by atoms with Gasteiger partial charge in [0.1, 0.15) is 0 Å². The van der Waals surface area contributed by atoms with Gasteiger partial charge in [0.05, 0.1) is 11.4 Å². The average Bonchev–Trinajstić information content (AvgIpc) is 2.64. The van der Waals surface area contributed by atoms with Crippen LogP contribution in [0.25, 0.3) is 0 Å². The lowest BCUT2D eigenvalue weighted by Crippen LogP contribution is -2.22. The van der Waals surface area contributed by atoms with E-state index in [4.69, 9.17) is 8.78 Å². The minimum atomic E-state index is -1.30. The minimum Gasteiger partial charge on any atom is -0.642 e. The second-order valence-electron chi connectivity index (χ2n) is 12.0. The Kier molecular flexibility index (Phi) is 8.47. The highest BCUT2D eigenvalue weighted by atomic mass is 27.2. The quantitative estimate of drug-likeness (QED) is 0.319. The van der Waals surface area contributed by atoms with Crippen molar-refractivity contribution in [2.75, 3.05) is 0 Å². The number of hydrogen-bond donors (Lipinski definition) is 0. The number of benzene rings is 2. The SMILES string of the molecule is CC(C)c1cccc(C(C)C)c1N=Cc1cc(C(C)(C)C)cc(C(C)(C)C)c1[O][Al]([CH3])[CH3]. The van der Waals surface area contributed by atoms with Crippen LogP contribution < -0.4 is 3.79 Å². The van der Waals surface area contributed by atoms with Crippen LogP contribution in [0.1, 0.15) is 109 Å². The van der Waals surface area contributed by atoms with Crippen LogP contribution in [0.5, 0.6) is 5.75 Å². The van der Waals surface area contributed by atoms with Crippen molar-refractivity contribution in [3.05, 3.63) is 58.1 Å². The maximum Gasteiger partial charge on any atom is 0.540 e. The molecule has 0 aliphatic rings. The molecule has 0 unspecified atom stereocenters. The van der Waals surface area contributed by atoms with E-state index in [9.17, 15) is 0 Å². The van der Waals surface area contributed by atoms with Gasteiger partial charge in [-0.3, -0.25) is 4.99 Å². The molecule has 0 saturated carbocycles. The van der Waals surface area contributed by atoms with Crippen LogP contribution in [0.2, 0.25) is 11.6 Å². The molecule has 2 aromatic rings. The normalized spacial score (nSPS) is 12.8. The summed E-state index contributed by atoms with van der Waals surface area (Å²) in [4.78, 5) is 5.14. The van der Waals surface area contributed by atoms with Gasteiger partial charge in [-0.15, -0.1) is 0 Å². The Morgan fingerprint density at radius 1 is 0.844 bits per heavy atom. The zero-order chi connectivity index (χ0) is 24.4. The van der Waals surface area contributed by atoms with Crippen molar-refractivity contribution in [1.29, 1.82) is 0 Å². The molecule has 174 valence electrons. The van der Waals surface area contributed by atoms with Gasteiger partial charge in [0, 0.05) is 11.8 Å². The topological polar surface area (TPSA) is 21.6 Å². The third-order valence-corrected chi connectivity index (χ3v) is 6.53. The van der Waals surface area contributed by atoms with Gasteiger partial charge in [-0.1, -0.05) is 105 Å². The zero-order valence-electron chi connectivity index (χ0n) is 22.6. The van der Waals surface area contributed by atoms with Crippen molar-refractivity contribution in [1.82, 2.24) is 0 Å². The lowest BCUT2D eigenvalue weighted by atomic mass is 9.79. The van der Waals surface area contributed by atoms with Crippen molar-refractivity contribution in [2.45, 2.75) is 103 Å². The molecule has 2 rings (SSSR count). The smallest absolute Gasteiger partial charge is 0.540 e. The van der Waals surface area contributed by atoms with Crippen LogP contribution >= 0.6 is 0 Å². The van der Waals surface area contributed by atoms with E-state index in [1.54, 1.807) is 0 Å². The Labute approximate surface area is 202 Å². The molecule has 0 atom stereocenters. The van der Waals surface area contributed by atoms with Crippen molar-refractivity contribution in [2.24, 2.45) is 4.99 Å². The first-order valence-electron chi connectivity index (χ1n) is 12.2. The molecule has 0 heterocycles. The fourth-order valence-electron chi connectivity index (χ4n) is 3.90. The van der Waals surface area contributed by atoms with Crippen LogP contribution in [-0.2, 0) is 10.8 Å². The van der Waals surface area contributed by atoms with Crippen molar-refractivity contribution >= 4 is 26.4 Å². The molecule has 2 nitrogen and oxygen atoms in total. The predicted molar refractivity (Wildman–Crippen MR) is 144 cm³/mol. The van der Waals surface area contributed by atoms with Crippen LogP contribution in [0.4, 0.5) is 5.69 Å². The summed E-state index contributed by atoms with van der Waals surface area (Å²) in [6, 6.07) is 11.2. The molecule has 3 heteroatoms. The van der Waals surface area contributed by atoms with Crippen LogP contribution in [-0.4, -0.2) is 20.7 Å². The molecule has 0 aliphatic carbocycles. The van der Waals surface area contributed by atoms with Crippen molar-refractivity contribution in [3.63, 3.8) is 0 Å². The van der Waals surface area contributed by atoms with E-state index in [-0.39, 0.29) is 10.8 Å². The first kappa shape index (κ1) is 26.7. The Bertz CT molecular complexity index is 930.